The van der Waals surface area contributed by atoms with Crippen molar-refractivity contribution >= 4 is 35.8 Å². The first-order valence-electron chi connectivity index (χ1n) is 9.30. The maximum absolute atomic E-state index is 4.65. The summed E-state index contributed by atoms with van der Waals surface area (Å²) in [6.07, 6.45) is 4.49. The normalized spacial score (nSPS) is 15.9. The standard InChI is InChI=1S/C19H33N5.HI/c1-5-20-19(22-12-15(2)3)23-14-17-6-7-18(21-13-17)24-10-8-16(4)9-11-24;/h6-7,13,15-16H,5,8-12,14H2,1-4H3,(H2,20,22,23);1H. The summed E-state index contributed by atoms with van der Waals surface area (Å²) in [4.78, 5) is 11.7. The minimum atomic E-state index is 0. The Bertz CT molecular complexity index is 507. The van der Waals surface area contributed by atoms with Crippen molar-refractivity contribution in [3.63, 3.8) is 0 Å². The topological polar surface area (TPSA) is 52.6 Å². The van der Waals surface area contributed by atoms with Gasteiger partial charge in [0.1, 0.15) is 5.82 Å². The minimum Gasteiger partial charge on any atom is -0.357 e. The Morgan fingerprint density at radius 1 is 1.28 bits per heavy atom. The van der Waals surface area contributed by atoms with E-state index in [0.717, 1.165) is 49.4 Å². The van der Waals surface area contributed by atoms with E-state index in [-0.39, 0.29) is 24.0 Å². The monoisotopic (exact) mass is 459 g/mol. The molecule has 1 aliphatic rings. The molecule has 1 fully saturated rings. The van der Waals surface area contributed by atoms with Gasteiger partial charge in [-0.3, -0.25) is 0 Å². The Morgan fingerprint density at radius 3 is 2.56 bits per heavy atom. The number of halogens is 1. The van der Waals surface area contributed by atoms with Crippen molar-refractivity contribution in [1.82, 2.24) is 15.6 Å². The molecular formula is C19H34IN5. The molecule has 0 radical (unpaired) electrons. The van der Waals surface area contributed by atoms with Crippen LogP contribution in [0.5, 0.6) is 0 Å². The SMILES string of the molecule is CCNC(=NCc1ccc(N2CCC(C)CC2)nc1)NCC(C)C.I. The van der Waals surface area contributed by atoms with Gasteiger partial charge in [-0.2, -0.15) is 0 Å². The van der Waals surface area contributed by atoms with Gasteiger partial charge in [0.05, 0.1) is 6.54 Å². The number of aromatic nitrogens is 1. The predicted octanol–water partition coefficient (Wildman–Crippen LogP) is 3.65. The Kier molecular flexibility index (Phi) is 10.2. The Morgan fingerprint density at radius 2 is 2.00 bits per heavy atom. The third-order valence-electron chi connectivity index (χ3n) is 4.36. The summed E-state index contributed by atoms with van der Waals surface area (Å²) >= 11 is 0. The fourth-order valence-electron chi connectivity index (χ4n) is 2.75. The highest BCUT2D eigenvalue weighted by atomic mass is 127. The number of pyridine rings is 1. The largest absolute Gasteiger partial charge is 0.357 e. The van der Waals surface area contributed by atoms with Crippen molar-refractivity contribution in [3.05, 3.63) is 23.9 Å². The lowest BCUT2D eigenvalue weighted by molar-refractivity contribution is 0.436. The molecule has 0 spiro atoms. The van der Waals surface area contributed by atoms with E-state index in [2.05, 4.69) is 65.3 Å². The molecule has 6 heteroatoms. The smallest absolute Gasteiger partial charge is 0.191 e. The average Bonchev–Trinajstić information content (AvgIpc) is 2.58. The molecule has 0 saturated carbocycles. The highest BCUT2D eigenvalue weighted by Crippen LogP contribution is 2.21. The van der Waals surface area contributed by atoms with Gasteiger partial charge in [-0.25, -0.2) is 9.98 Å². The summed E-state index contributed by atoms with van der Waals surface area (Å²) in [5.74, 6) is 3.42. The van der Waals surface area contributed by atoms with Crippen LogP contribution in [0.3, 0.4) is 0 Å². The predicted molar refractivity (Wildman–Crippen MR) is 118 cm³/mol. The number of hydrogen-bond acceptors (Lipinski definition) is 3. The summed E-state index contributed by atoms with van der Waals surface area (Å²) in [5, 5.41) is 6.65. The van der Waals surface area contributed by atoms with E-state index in [0.29, 0.717) is 12.5 Å². The number of nitrogens with one attached hydrogen (secondary N) is 2. The highest BCUT2D eigenvalue weighted by Gasteiger charge is 2.16. The zero-order valence-electron chi connectivity index (χ0n) is 16.1. The second-order valence-electron chi connectivity index (χ2n) is 7.16. The van der Waals surface area contributed by atoms with E-state index in [1.165, 1.54) is 12.8 Å². The van der Waals surface area contributed by atoms with Gasteiger partial charge in [-0.15, -0.1) is 24.0 Å². The molecule has 2 rings (SSSR count). The Hall–Kier alpha value is -1.05. The molecule has 0 bridgehead atoms. The van der Waals surface area contributed by atoms with E-state index in [4.69, 9.17) is 0 Å². The Labute approximate surface area is 170 Å². The molecule has 0 aliphatic carbocycles. The maximum atomic E-state index is 4.65. The number of rotatable bonds is 6. The number of nitrogens with zero attached hydrogens (tertiary/aromatic N) is 3. The first-order chi connectivity index (χ1) is 11.6. The number of guanidine groups is 1. The van der Waals surface area contributed by atoms with Gasteiger partial charge in [0, 0.05) is 32.4 Å². The van der Waals surface area contributed by atoms with Gasteiger partial charge in [-0.05, 0) is 43.2 Å². The van der Waals surface area contributed by atoms with Crippen LogP contribution in [-0.2, 0) is 6.54 Å². The van der Waals surface area contributed by atoms with Crippen LogP contribution in [0.4, 0.5) is 5.82 Å². The molecule has 25 heavy (non-hydrogen) atoms. The molecule has 1 aliphatic heterocycles. The van der Waals surface area contributed by atoms with E-state index >= 15 is 0 Å². The highest BCUT2D eigenvalue weighted by molar-refractivity contribution is 14.0. The molecule has 0 amide bonds. The van der Waals surface area contributed by atoms with Crippen LogP contribution in [0, 0.1) is 11.8 Å². The molecule has 1 aromatic heterocycles. The molecule has 0 atom stereocenters. The maximum Gasteiger partial charge on any atom is 0.191 e. The van der Waals surface area contributed by atoms with Crippen LogP contribution >= 0.6 is 24.0 Å². The number of aliphatic imine (C=N–C) groups is 1. The van der Waals surface area contributed by atoms with Gasteiger partial charge in [-0.1, -0.05) is 26.8 Å². The summed E-state index contributed by atoms with van der Waals surface area (Å²) in [5.41, 5.74) is 1.14. The minimum absolute atomic E-state index is 0. The average molecular weight is 459 g/mol. The first kappa shape index (κ1) is 22.0. The van der Waals surface area contributed by atoms with Crippen molar-refractivity contribution in [1.29, 1.82) is 0 Å². The van der Waals surface area contributed by atoms with E-state index < -0.39 is 0 Å². The zero-order chi connectivity index (χ0) is 17.4. The van der Waals surface area contributed by atoms with Gasteiger partial charge in [0.2, 0.25) is 0 Å². The lowest BCUT2D eigenvalue weighted by atomic mass is 9.99. The third-order valence-corrected chi connectivity index (χ3v) is 4.36. The van der Waals surface area contributed by atoms with E-state index in [1.807, 2.05) is 6.20 Å². The lowest BCUT2D eigenvalue weighted by Crippen LogP contribution is -2.39. The van der Waals surface area contributed by atoms with Gasteiger partial charge in [0.15, 0.2) is 5.96 Å². The molecule has 0 aromatic carbocycles. The Balaban J connectivity index is 0.00000312. The van der Waals surface area contributed by atoms with Gasteiger partial charge >= 0.3 is 0 Å². The summed E-state index contributed by atoms with van der Waals surface area (Å²) < 4.78 is 0. The van der Waals surface area contributed by atoms with Crippen molar-refractivity contribution in [2.75, 3.05) is 31.1 Å². The van der Waals surface area contributed by atoms with Crippen molar-refractivity contribution in [2.24, 2.45) is 16.8 Å². The van der Waals surface area contributed by atoms with Crippen LogP contribution in [0.25, 0.3) is 0 Å². The van der Waals surface area contributed by atoms with Gasteiger partial charge < -0.3 is 15.5 Å². The first-order valence-corrected chi connectivity index (χ1v) is 9.30. The summed E-state index contributed by atoms with van der Waals surface area (Å²) in [6, 6.07) is 4.28. The van der Waals surface area contributed by atoms with E-state index in [1.54, 1.807) is 0 Å². The molecular weight excluding hydrogens is 425 g/mol. The third kappa shape index (κ3) is 7.79. The zero-order valence-corrected chi connectivity index (χ0v) is 18.4. The van der Waals surface area contributed by atoms with Crippen molar-refractivity contribution < 1.29 is 0 Å². The van der Waals surface area contributed by atoms with E-state index in [9.17, 15) is 0 Å². The molecule has 2 heterocycles. The molecule has 1 saturated heterocycles. The quantitative estimate of drug-likeness (QED) is 0.388. The van der Waals surface area contributed by atoms with Crippen LogP contribution in [0.2, 0.25) is 0 Å². The number of hydrogen-bond donors (Lipinski definition) is 2. The lowest BCUT2D eigenvalue weighted by Gasteiger charge is -2.31. The molecule has 5 nitrogen and oxygen atoms in total. The second kappa shape index (κ2) is 11.5. The summed E-state index contributed by atoms with van der Waals surface area (Å²) in [6.45, 7) is 13.5. The number of piperidine rings is 1. The molecule has 0 unspecified atom stereocenters. The van der Waals surface area contributed by atoms with Gasteiger partial charge in [0.25, 0.3) is 0 Å². The fraction of sp³-hybridized carbons (Fsp3) is 0.684. The number of anilines is 1. The summed E-state index contributed by atoms with van der Waals surface area (Å²) in [7, 11) is 0. The molecule has 1 aromatic rings. The van der Waals surface area contributed by atoms with Crippen molar-refractivity contribution in [2.45, 2.75) is 47.1 Å². The van der Waals surface area contributed by atoms with Crippen LogP contribution in [0.1, 0.15) is 46.1 Å². The second-order valence-corrected chi connectivity index (χ2v) is 7.16. The molecule has 142 valence electrons. The fourth-order valence-corrected chi connectivity index (χ4v) is 2.75. The molecule has 2 N–H and O–H groups in total. The van der Waals surface area contributed by atoms with Crippen molar-refractivity contribution in [3.8, 4) is 0 Å². The van der Waals surface area contributed by atoms with Crippen LogP contribution < -0.4 is 15.5 Å². The van der Waals surface area contributed by atoms with Crippen LogP contribution in [0.15, 0.2) is 23.3 Å². The van der Waals surface area contributed by atoms with Crippen LogP contribution in [-0.4, -0.2) is 37.1 Å².